The zero-order chi connectivity index (χ0) is 15.7. The molecule has 1 aromatic rings. The molecule has 1 aromatic carbocycles. The molecule has 2 heterocycles. The first-order valence-electron chi connectivity index (χ1n) is 7.94. The van der Waals surface area contributed by atoms with E-state index < -0.39 is 12.0 Å². The van der Waals surface area contributed by atoms with Crippen LogP contribution in [0.25, 0.3) is 0 Å². The summed E-state index contributed by atoms with van der Waals surface area (Å²) in [5, 5.41) is 9.48. The Morgan fingerprint density at radius 3 is 2.73 bits per heavy atom. The minimum absolute atomic E-state index is 0.0544. The van der Waals surface area contributed by atoms with Gasteiger partial charge in [-0.25, -0.2) is 0 Å². The fourth-order valence-corrected chi connectivity index (χ4v) is 3.62. The number of likely N-dealkylation sites (tertiary alicyclic amines) is 1. The van der Waals surface area contributed by atoms with E-state index in [1.54, 1.807) is 0 Å². The maximum atomic E-state index is 11.5. The fraction of sp³-hybridized carbons (Fsp3) is 0.588. The molecule has 1 N–H and O–H groups in total. The molecular weight excluding hydrogens is 282 g/mol. The number of fused-ring (bicyclic) bond motifs is 1. The lowest BCUT2D eigenvalue weighted by Gasteiger charge is -2.26. The van der Waals surface area contributed by atoms with E-state index in [0.717, 1.165) is 17.7 Å². The number of nitrogens with zero attached hydrogens (tertiary/aromatic N) is 1. The van der Waals surface area contributed by atoms with Gasteiger partial charge in [0.2, 0.25) is 0 Å². The van der Waals surface area contributed by atoms with Gasteiger partial charge in [-0.05, 0) is 38.0 Å². The van der Waals surface area contributed by atoms with Gasteiger partial charge in [0.15, 0.2) is 0 Å². The van der Waals surface area contributed by atoms with Gasteiger partial charge in [0.05, 0.1) is 18.8 Å². The molecule has 0 aliphatic carbocycles. The lowest BCUT2D eigenvalue weighted by molar-refractivity contribution is -0.143. The highest BCUT2D eigenvalue weighted by Crippen LogP contribution is 2.37. The van der Waals surface area contributed by atoms with Gasteiger partial charge in [0, 0.05) is 19.0 Å². The topological polar surface area (TPSA) is 59.0 Å². The molecule has 5 nitrogen and oxygen atoms in total. The quantitative estimate of drug-likeness (QED) is 0.904. The number of carboxylic acids is 1. The number of ether oxygens (including phenoxy) is 2. The van der Waals surface area contributed by atoms with Gasteiger partial charge in [-0.3, -0.25) is 9.69 Å². The van der Waals surface area contributed by atoms with Crippen molar-refractivity contribution in [2.75, 3.05) is 6.61 Å². The molecule has 120 valence electrons. The summed E-state index contributed by atoms with van der Waals surface area (Å²) in [5.41, 5.74) is 1.11. The number of hydrogen-bond acceptors (Lipinski definition) is 4. The highest BCUT2D eigenvalue weighted by Gasteiger charge is 2.49. The molecule has 2 fully saturated rings. The summed E-state index contributed by atoms with van der Waals surface area (Å²) in [6, 6.07) is 7.66. The third-order valence-electron chi connectivity index (χ3n) is 4.58. The Bertz CT molecular complexity index is 530. The maximum absolute atomic E-state index is 11.5. The Kier molecular flexibility index (Phi) is 4.36. The van der Waals surface area contributed by atoms with E-state index >= 15 is 0 Å². The molecule has 0 unspecified atom stereocenters. The van der Waals surface area contributed by atoms with Gasteiger partial charge in [-0.1, -0.05) is 12.1 Å². The van der Waals surface area contributed by atoms with Gasteiger partial charge < -0.3 is 14.6 Å². The predicted octanol–water partition coefficient (Wildman–Crippen LogP) is 2.29. The summed E-state index contributed by atoms with van der Waals surface area (Å²) in [5.74, 6) is 0.0924. The van der Waals surface area contributed by atoms with Crippen LogP contribution in [0.5, 0.6) is 5.75 Å². The summed E-state index contributed by atoms with van der Waals surface area (Å²) in [6.45, 7) is 5.30. The van der Waals surface area contributed by atoms with Crippen molar-refractivity contribution in [1.82, 2.24) is 4.90 Å². The van der Waals surface area contributed by atoms with E-state index in [4.69, 9.17) is 9.47 Å². The van der Waals surface area contributed by atoms with Crippen LogP contribution in [0.1, 0.15) is 32.3 Å². The minimum atomic E-state index is -0.753. The first kappa shape index (κ1) is 15.3. The Labute approximate surface area is 130 Å². The molecule has 22 heavy (non-hydrogen) atoms. The Balaban J connectivity index is 1.74. The molecule has 0 radical (unpaired) electrons. The number of carbonyl (C=O) groups is 1. The Hall–Kier alpha value is -1.59. The highest BCUT2D eigenvalue weighted by molar-refractivity contribution is 5.74. The van der Waals surface area contributed by atoms with Crippen LogP contribution in [0.3, 0.4) is 0 Å². The molecule has 0 amide bonds. The third kappa shape index (κ3) is 2.96. The second-order valence-corrected chi connectivity index (χ2v) is 6.13. The molecule has 5 heteroatoms. The molecule has 0 bridgehead atoms. The molecule has 2 saturated heterocycles. The van der Waals surface area contributed by atoms with Crippen molar-refractivity contribution < 1.29 is 19.4 Å². The molecule has 2 aliphatic rings. The van der Waals surface area contributed by atoms with Gasteiger partial charge in [0.1, 0.15) is 11.8 Å². The molecular formula is C17H23NO4. The lowest BCUT2D eigenvalue weighted by Crippen LogP contribution is -2.40. The van der Waals surface area contributed by atoms with Crippen molar-refractivity contribution >= 4 is 5.97 Å². The van der Waals surface area contributed by atoms with E-state index in [1.807, 2.05) is 31.2 Å². The van der Waals surface area contributed by atoms with E-state index in [9.17, 15) is 9.90 Å². The van der Waals surface area contributed by atoms with Gasteiger partial charge >= 0.3 is 5.97 Å². The lowest BCUT2D eigenvalue weighted by atomic mass is 10.1. The number of carboxylic acid groups (broad SMARTS) is 1. The van der Waals surface area contributed by atoms with Crippen LogP contribution >= 0.6 is 0 Å². The minimum Gasteiger partial charge on any atom is -0.494 e. The summed E-state index contributed by atoms with van der Waals surface area (Å²) >= 11 is 0. The second kappa shape index (κ2) is 6.26. The highest BCUT2D eigenvalue weighted by atomic mass is 16.5. The number of hydrogen-bond donors (Lipinski definition) is 1. The van der Waals surface area contributed by atoms with Gasteiger partial charge in [0.25, 0.3) is 0 Å². The summed E-state index contributed by atoms with van der Waals surface area (Å²) < 4.78 is 11.3. The largest absolute Gasteiger partial charge is 0.494 e. The standard InChI is InChI=1S/C17H23NO4/c1-3-21-13-6-4-12(5-7-13)10-18-14-8-11(2)22-16(14)9-15(18)17(19)20/h4-7,11,14-16H,3,8-10H2,1-2H3,(H,19,20)/t11-,14+,15+,16+/m1/s1. The summed E-state index contributed by atoms with van der Waals surface area (Å²) in [7, 11) is 0. The van der Waals surface area contributed by atoms with Crippen molar-refractivity contribution in [2.45, 2.75) is 57.5 Å². The predicted molar refractivity (Wildman–Crippen MR) is 81.9 cm³/mol. The van der Waals surface area contributed by atoms with Crippen LogP contribution in [0.2, 0.25) is 0 Å². The SMILES string of the molecule is CCOc1ccc(CN2[C@H](C(=O)O)C[C@@H]3O[C@H](C)C[C@@H]32)cc1. The van der Waals surface area contributed by atoms with Crippen molar-refractivity contribution in [3.8, 4) is 5.75 Å². The Morgan fingerprint density at radius 2 is 2.09 bits per heavy atom. The van der Waals surface area contributed by atoms with Crippen molar-refractivity contribution in [3.63, 3.8) is 0 Å². The Morgan fingerprint density at radius 1 is 1.36 bits per heavy atom. The zero-order valence-electron chi connectivity index (χ0n) is 13.1. The van der Waals surface area contributed by atoms with Crippen molar-refractivity contribution in [3.05, 3.63) is 29.8 Å². The molecule has 0 spiro atoms. The number of rotatable bonds is 5. The monoisotopic (exact) mass is 305 g/mol. The first-order chi connectivity index (χ1) is 10.6. The first-order valence-corrected chi connectivity index (χ1v) is 7.94. The smallest absolute Gasteiger partial charge is 0.321 e. The third-order valence-corrected chi connectivity index (χ3v) is 4.58. The summed E-state index contributed by atoms with van der Waals surface area (Å²) in [6.07, 6.45) is 1.76. The van der Waals surface area contributed by atoms with E-state index in [0.29, 0.717) is 19.6 Å². The second-order valence-electron chi connectivity index (χ2n) is 6.13. The van der Waals surface area contributed by atoms with Crippen LogP contribution < -0.4 is 4.74 Å². The average molecular weight is 305 g/mol. The fourth-order valence-electron chi connectivity index (χ4n) is 3.62. The van der Waals surface area contributed by atoms with Crippen molar-refractivity contribution in [2.24, 2.45) is 0 Å². The molecule has 0 saturated carbocycles. The zero-order valence-corrected chi connectivity index (χ0v) is 13.1. The normalized spacial score (nSPS) is 31.2. The van der Waals surface area contributed by atoms with Crippen molar-refractivity contribution in [1.29, 1.82) is 0 Å². The van der Waals surface area contributed by atoms with Crippen LogP contribution in [0.15, 0.2) is 24.3 Å². The number of aliphatic carboxylic acids is 1. The summed E-state index contributed by atoms with van der Waals surface area (Å²) in [4.78, 5) is 13.6. The van der Waals surface area contributed by atoms with Gasteiger partial charge in [-0.15, -0.1) is 0 Å². The maximum Gasteiger partial charge on any atom is 0.321 e. The number of benzene rings is 1. The van der Waals surface area contributed by atoms with Crippen LogP contribution in [0.4, 0.5) is 0 Å². The molecule has 0 aromatic heterocycles. The van der Waals surface area contributed by atoms with Crippen LogP contribution in [-0.4, -0.2) is 46.9 Å². The molecule has 3 rings (SSSR count). The molecule has 2 aliphatic heterocycles. The van der Waals surface area contributed by atoms with Crippen LogP contribution in [-0.2, 0) is 16.1 Å². The van der Waals surface area contributed by atoms with Crippen LogP contribution in [0, 0.1) is 0 Å². The van der Waals surface area contributed by atoms with Gasteiger partial charge in [-0.2, -0.15) is 0 Å². The van der Waals surface area contributed by atoms with E-state index in [-0.39, 0.29) is 18.2 Å². The van der Waals surface area contributed by atoms with E-state index in [2.05, 4.69) is 11.8 Å². The van der Waals surface area contributed by atoms with E-state index in [1.165, 1.54) is 0 Å². The average Bonchev–Trinajstić information content (AvgIpc) is 2.99. The molecule has 4 atom stereocenters.